The van der Waals surface area contributed by atoms with Gasteiger partial charge in [0.15, 0.2) is 0 Å². The number of rotatable bonds is 8. The molecule has 1 saturated heterocycles. The molecule has 0 spiro atoms. The van der Waals surface area contributed by atoms with Gasteiger partial charge in [0, 0.05) is 32.4 Å². The maximum absolute atomic E-state index is 12.4. The van der Waals surface area contributed by atoms with Crippen LogP contribution in [0.15, 0.2) is 24.4 Å². The molecule has 1 aromatic rings. The van der Waals surface area contributed by atoms with Crippen LogP contribution in [-0.4, -0.2) is 71.0 Å². The van der Waals surface area contributed by atoms with Crippen molar-refractivity contribution < 1.29 is 19.5 Å². The highest BCUT2D eigenvalue weighted by Crippen LogP contribution is 2.15. The number of hydrogen-bond acceptors (Lipinski definition) is 5. The van der Waals surface area contributed by atoms with Crippen LogP contribution >= 0.6 is 0 Å². The lowest BCUT2D eigenvalue weighted by Gasteiger charge is -2.31. The van der Waals surface area contributed by atoms with Gasteiger partial charge in [-0.1, -0.05) is 13.0 Å². The van der Waals surface area contributed by atoms with Crippen LogP contribution in [0.4, 0.5) is 4.79 Å². The van der Waals surface area contributed by atoms with Crippen molar-refractivity contribution in [1.29, 1.82) is 0 Å². The van der Waals surface area contributed by atoms with Gasteiger partial charge in [-0.2, -0.15) is 0 Å². The fourth-order valence-corrected chi connectivity index (χ4v) is 3.13. The molecule has 0 aromatic carbocycles. The van der Waals surface area contributed by atoms with Crippen LogP contribution in [0.3, 0.4) is 0 Å². The van der Waals surface area contributed by atoms with Gasteiger partial charge in [-0.15, -0.1) is 0 Å². The van der Waals surface area contributed by atoms with Gasteiger partial charge in [0.25, 0.3) is 6.47 Å². The molecule has 1 aromatic heterocycles. The largest absolute Gasteiger partial charge is 0.483 e. The molecule has 0 radical (unpaired) electrons. The molecule has 9 nitrogen and oxygen atoms in total. The molecular weight excluding hydrogens is 362 g/mol. The average molecular weight is 393 g/mol. The van der Waals surface area contributed by atoms with E-state index in [9.17, 15) is 9.59 Å². The molecule has 4 N–H and O–H groups in total. The van der Waals surface area contributed by atoms with Crippen molar-refractivity contribution in [3.63, 3.8) is 0 Å². The van der Waals surface area contributed by atoms with Gasteiger partial charge in [0.05, 0.1) is 18.2 Å². The van der Waals surface area contributed by atoms with E-state index in [1.807, 2.05) is 18.2 Å². The van der Waals surface area contributed by atoms with Crippen molar-refractivity contribution in [1.82, 2.24) is 20.1 Å². The molecule has 1 unspecified atom stereocenters. The van der Waals surface area contributed by atoms with Gasteiger partial charge < -0.3 is 26.0 Å². The normalized spacial score (nSPS) is 16.4. The Morgan fingerprint density at radius 1 is 1.46 bits per heavy atom. The van der Waals surface area contributed by atoms with Crippen LogP contribution in [0.5, 0.6) is 0 Å². The number of nitrogens with two attached hydrogens (primary N) is 1. The number of pyridine rings is 1. The third-order valence-electron chi connectivity index (χ3n) is 4.47. The Bertz CT molecular complexity index is 599. The van der Waals surface area contributed by atoms with Crippen molar-refractivity contribution in [2.24, 2.45) is 11.7 Å². The minimum atomic E-state index is -0.250. The number of hydrogen-bond donors (Lipinski definition) is 3. The molecule has 1 atom stereocenters. The van der Waals surface area contributed by atoms with Gasteiger partial charge >= 0.3 is 6.03 Å². The van der Waals surface area contributed by atoms with E-state index >= 15 is 0 Å². The molecule has 9 heteroatoms. The minimum absolute atomic E-state index is 0.0646. The Balaban J connectivity index is 0.00000122. The van der Waals surface area contributed by atoms with Crippen LogP contribution in [0.1, 0.15) is 31.9 Å². The van der Waals surface area contributed by atoms with Gasteiger partial charge in [-0.3, -0.25) is 14.6 Å². The Morgan fingerprint density at radius 3 is 2.82 bits per heavy atom. The third kappa shape index (κ3) is 8.81. The highest BCUT2D eigenvalue weighted by Gasteiger charge is 2.23. The standard InChI is InChI=1S/C18H29N5O2.CH2O2/c1-2-10-23(14-16-7-3-4-8-20-16)18(25)21-9-12-22-11-5-6-15(13-22)17(19)24;2-1-3/h3-4,7-8,15H,2,5-6,9-14H2,1H3,(H2,19,24)(H,21,25);1H,(H,2,3). The van der Waals surface area contributed by atoms with Crippen LogP contribution < -0.4 is 11.1 Å². The van der Waals surface area contributed by atoms with E-state index in [2.05, 4.69) is 22.1 Å². The Hall–Kier alpha value is -2.68. The minimum Gasteiger partial charge on any atom is -0.483 e. The summed E-state index contributed by atoms with van der Waals surface area (Å²) in [7, 11) is 0. The first-order valence-corrected chi connectivity index (χ1v) is 9.54. The predicted molar refractivity (Wildman–Crippen MR) is 105 cm³/mol. The first-order chi connectivity index (χ1) is 13.5. The number of likely N-dealkylation sites (tertiary alicyclic amines) is 1. The molecule has 0 aliphatic carbocycles. The summed E-state index contributed by atoms with van der Waals surface area (Å²) < 4.78 is 0. The SMILES string of the molecule is CCCN(Cc1ccccn1)C(=O)NCCN1CCCC(C(N)=O)C1.O=CO. The first kappa shape index (κ1) is 23.4. The van der Waals surface area contributed by atoms with E-state index in [0.717, 1.165) is 38.0 Å². The molecule has 156 valence electrons. The molecule has 3 amide bonds. The number of amides is 3. The number of carbonyl (C=O) groups excluding carboxylic acids is 2. The predicted octanol–water partition coefficient (Wildman–Crippen LogP) is 0.901. The van der Waals surface area contributed by atoms with Crippen LogP contribution in [0.25, 0.3) is 0 Å². The maximum Gasteiger partial charge on any atom is 0.317 e. The van der Waals surface area contributed by atoms with Gasteiger partial charge in [0.1, 0.15) is 0 Å². The van der Waals surface area contributed by atoms with E-state index in [-0.39, 0.29) is 24.3 Å². The molecule has 2 rings (SSSR count). The Kier molecular flexibility index (Phi) is 11.2. The van der Waals surface area contributed by atoms with Crippen molar-refractivity contribution in [2.75, 3.05) is 32.7 Å². The molecule has 0 saturated carbocycles. The summed E-state index contributed by atoms with van der Waals surface area (Å²) in [5, 5.41) is 9.87. The number of aromatic nitrogens is 1. The smallest absolute Gasteiger partial charge is 0.317 e. The summed E-state index contributed by atoms with van der Waals surface area (Å²) >= 11 is 0. The van der Waals surface area contributed by atoms with Crippen LogP contribution in [0.2, 0.25) is 0 Å². The number of piperidine rings is 1. The second-order valence-electron chi connectivity index (χ2n) is 6.62. The Morgan fingerprint density at radius 2 is 2.21 bits per heavy atom. The number of urea groups is 1. The van der Waals surface area contributed by atoms with Crippen molar-refractivity contribution >= 4 is 18.4 Å². The Labute approximate surface area is 165 Å². The summed E-state index contributed by atoms with van der Waals surface area (Å²) in [5.41, 5.74) is 6.29. The van der Waals surface area contributed by atoms with E-state index in [4.69, 9.17) is 15.6 Å². The topological polar surface area (TPSA) is 129 Å². The zero-order chi connectivity index (χ0) is 20.8. The van der Waals surface area contributed by atoms with E-state index < -0.39 is 0 Å². The summed E-state index contributed by atoms with van der Waals surface area (Å²) in [6, 6.07) is 5.64. The summed E-state index contributed by atoms with van der Waals surface area (Å²) in [4.78, 5) is 40.4. The van der Waals surface area contributed by atoms with E-state index in [0.29, 0.717) is 26.2 Å². The van der Waals surface area contributed by atoms with Gasteiger partial charge in [-0.05, 0) is 37.9 Å². The summed E-state index contributed by atoms with van der Waals surface area (Å²) in [6.07, 6.45) is 4.48. The molecule has 1 aliphatic rings. The molecule has 1 aliphatic heterocycles. The summed E-state index contributed by atoms with van der Waals surface area (Å²) in [6.45, 7) is 5.94. The highest BCUT2D eigenvalue weighted by molar-refractivity contribution is 5.77. The summed E-state index contributed by atoms with van der Waals surface area (Å²) in [5.74, 6) is -0.289. The number of carboxylic acid groups (broad SMARTS) is 1. The lowest BCUT2D eigenvalue weighted by Crippen LogP contribution is -2.46. The zero-order valence-corrected chi connectivity index (χ0v) is 16.4. The van der Waals surface area contributed by atoms with Crippen LogP contribution in [-0.2, 0) is 16.1 Å². The number of nitrogens with one attached hydrogen (secondary N) is 1. The monoisotopic (exact) mass is 393 g/mol. The zero-order valence-electron chi connectivity index (χ0n) is 16.4. The number of primary amides is 1. The molecule has 0 bridgehead atoms. The van der Waals surface area contributed by atoms with E-state index in [1.165, 1.54) is 0 Å². The van der Waals surface area contributed by atoms with Crippen molar-refractivity contribution in [3.8, 4) is 0 Å². The number of carbonyl (C=O) groups is 3. The average Bonchev–Trinajstić information content (AvgIpc) is 2.69. The third-order valence-corrected chi connectivity index (χ3v) is 4.47. The lowest BCUT2D eigenvalue weighted by molar-refractivity contribution is -0.124. The fourth-order valence-electron chi connectivity index (χ4n) is 3.13. The highest BCUT2D eigenvalue weighted by atomic mass is 16.3. The molecular formula is C19H31N5O4. The molecule has 28 heavy (non-hydrogen) atoms. The maximum atomic E-state index is 12.4. The van der Waals surface area contributed by atoms with Gasteiger partial charge in [0.2, 0.25) is 5.91 Å². The van der Waals surface area contributed by atoms with Gasteiger partial charge in [-0.25, -0.2) is 4.79 Å². The fraction of sp³-hybridized carbons (Fsp3) is 0.579. The van der Waals surface area contributed by atoms with Crippen molar-refractivity contribution in [2.45, 2.75) is 32.7 Å². The quantitative estimate of drug-likeness (QED) is 0.563. The molecule has 2 heterocycles. The number of nitrogens with zero attached hydrogens (tertiary/aromatic N) is 3. The molecule has 1 fully saturated rings. The van der Waals surface area contributed by atoms with Crippen LogP contribution in [0, 0.1) is 5.92 Å². The second-order valence-corrected chi connectivity index (χ2v) is 6.62. The van der Waals surface area contributed by atoms with E-state index in [1.54, 1.807) is 11.1 Å². The second kappa shape index (κ2) is 13.5. The first-order valence-electron chi connectivity index (χ1n) is 9.54. The van der Waals surface area contributed by atoms with Crippen molar-refractivity contribution in [3.05, 3.63) is 30.1 Å². The lowest BCUT2D eigenvalue weighted by atomic mass is 9.97.